The summed E-state index contributed by atoms with van der Waals surface area (Å²) in [6.45, 7) is 4.05. The predicted molar refractivity (Wildman–Crippen MR) is 34.7 cm³/mol. The van der Waals surface area contributed by atoms with Crippen LogP contribution in [0, 0.1) is 6.92 Å². The highest BCUT2D eigenvalue weighted by Gasteiger charge is 2.01. The second-order valence-corrected chi connectivity index (χ2v) is 2.19. The van der Waals surface area contributed by atoms with Crippen molar-refractivity contribution < 1.29 is 4.84 Å². The Morgan fingerprint density at radius 3 is 3.25 bits per heavy atom. The molecule has 8 heavy (non-hydrogen) atoms. The molecule has 0 aromatic carbocycles. The number of hydrogen-bond donors (Lipinski definition) is 0. The summed E-state index contributed by atoms with van der Waals surface area (Å²) in [6.07, 6.45) is 1.90. The van der Waals surface area contributed by atoms with E-state index in [1.807, 2.05) is 11.6 Å². The second kappa shape index (κ2) is 2.99. The van der Waals surface area contributed by atoms with Gasteiger partial charge in [0, 0.05) is 6.20 Å². The van der Waals surface area contributed by atoms with Crippen LogP contribution >= 0.6 is 11.8 Å². The Morgan fingerprint density at radius 1 is 1.88 bits per heavy atom. The fraction of sp³-hybridized carbons (Fsp3) is 0.400. The van der Waals surface area contributed by atoms with Crippen molar-refractivity contribution in [3.8, 4) is 0 Å². The number of hydroxylamine groups is 2. The van der Waals surface area contributed by atoms with E-state index in [0.29, 0.717) is 6.61 Å². The molecule has 0 aromatic rings. The Labute approximate surface area is 53.5 Å². The Bertz CT molecular complexity index is 94.4. The Hall–Kier alpha value is -0.150. The molecule has 1 radical (unpaired) electrons. The zero-order valence-electron chi connectivity index (χ0n) is 4.54. The van der Waals surface area contributed by atoms with Crippen LogP contribution in [0.1, 0.15) is 0 Å². The number of hydrogen-bond acceptors (Lipinski definition) is 3. The van der Waals surface area contributed by atoms with Crippen LogP contribution in [0.15, 0.2) is 11.6 Å². The van der Waals surface area contributed by atoms with Crippen LogP contribution in [0.3, 0.4) is 0 Å². The van der Waals surface area contributed by atoms with Gasteiger partial charge in [0.25, 0.3) is 0 Å². The van der Waals surface area contributed by atoms with Crippen molar-refractivity contribution in [2.45, 2.75) is 0 Å². The molecule has 0 saturated carbocycles. The van der Waals surface area contributed by atoms with Crippen molar-refractivity contribution in [2.24, 2.45) is 0 Å². The summed E-state index contributed by atoms with van der Waals surface area (Å²) in [7, 11) is 0. The zero-order chi connectivity index (χ0) is 5.82. The summed E-state index contributed by atoms with van der Waals surface area (Å²) >= 11 is 1.71. The molecule has 3 heteroatoms. The average Bonchev–Trinajstić information content (AvgIpc) is 2.19. The third-order valence-corrected chi connectivity index (χ3v) is 1.50. The van der Waals surface area contributed by atoms with Gasteiger partial charge in [-0.1, -0.05) is 0 Å². The third kappa shape index (κ3) is 1.42. The van der Waals surface area contributed by atoms with Gasteiger partial charge >= 0.3 is 0 Å². The molecule has 0 atom stereocenters. The number of nitrogens with zero attached hydrogens (tertiary/aromatic N) is 1. The topological polar surface area (TPSA) is 12.5 Å². The van der Waals surface area contributed by atoms with Crippen molar-refractivity contribution in [3.63, 3.8) is 0 Å². The van der Waals surface area contributed by atoms with Gasteiger partial charge in [-0.15, -0.1) is 11.8 Å². The van der Waals surface area contributed by atoms with Crippen molar-refractivity contribution in [1.82, 2.24) is 5.06 Å². The first kappa shape index (κ1) is 5.98. The van der Waals surface area contributed by atoms with Gasteiger partial charge in [0.2, 0.25) is 0 Å². The molecule has 0 saturated heterocycles. The predicted octanol–water partition coefficient (Wildman–Crippen LogP) is 1.23. The van der Waals surface area contributed by atoms with E-state index in [2.05, 4.69) is 6.92 Å². The van der Waals surface area contributed by atoms with E-state index in [9.17, 15) is 0 Å². The second-order valence-electron chi connectivity index (χ2n) is 1.33. The van der Waals surface area contributed by atoms with E-state index in [4.69, 9.17) is 4.84 Å². The maximum Gasteiger partial charge on any atom is 0.0943 e. The van der Waals surface area contributed by atoms with E-state index >= 15 is 0 Å². The highest BCUT2D eigenvalue weighted by atomic mass is 32.2. The number of rotatable bonds is 2. The minimum Gasteiger partial charge on any atom is -0.273 e. The minimum atomic E-state index is 0.505. The molecule has 0 aromatic heterocycles. The van der Waals surface area contributed by atoms with Crippen molar-refractivity contribution in [1.29, 1.82) is 0 Å². The molecule has 1 rings (SSSR count). The molecule has 2 nitrogen and oxygen atoms in total. The monoisotopic (exact) mass is 130 g/mol. The molecular weight excluding hydrogens is 122 g/mol. The van der Waals surface area contributed by atoms with Gasteiger partial charge in [0.05, 0.1) is 12.5 Å². The highest BCUT2D eigenvalue weighted by molar-refractivity contribution is 8.02. The van der Waals surface area contributed by atoms with Crippen molar-refractivity contribution in [2.75, 3.05) is 12.5 Å². The quantitative estimate of drug-likeness (QED) is 0.558. The normalized spacial score (nSPS) is 17.9. The maximum absolute atomic E-state index is 5.02. The summed E-state index contributed by atoms with van der Waals surface area (Å²) in [6, 6.07) is 0. The van der Waals surface area contributed by atoms with Gasteiger partial charge in [-0.3, -0.25) is 9.90 Å². The Balaban J connectivity index is 2.16. The Morgan fingerprint density at radius 2 is 2.75 bits per heavy atom. The zero-order valence-corrected chi connectivity index (χ0v) is 5.36. The van der Waals surface area contributed by atoms with E-state index in [1.54, 1.807) is 16.8 Å². The lowest BCUT2D eigenvalue weighted by Gasteiger charge is -2.11. The largest absolute Gasteiger partial charge is 0.273 e. The molecular formula is C5H8NOS. The summed E-state index contributed by atoms with van der Waals surface area (Å²) in [5.74, 6) is 0.898. The smallest absolute Gasteiger partial charge is 0.0943 e. The molecule has 45 valence electrons. The Kier molecular flexibility index (Phi) is 2.24. The molecule has 0 amide bonds. The lowest BCUT2D eigenvalue weighted by molar-refractivity contribution is -0.0902. The molecule has 1 aliphatic heterocycles. The molecule has 0 aliphatic carbocycles. The molecule has 0 spiro atoms. The van der Waals surface area contributed by atoms with E-state index in [1.165, 1.54) is 0 Å². The maximum atomic E-state index is 5.02. The molecule has 1 aliphatic rings. The van der Waals surface area contributed by atoms with Crippen LogP contribution in [-0.4, -0.2) is 17.5 Å². The molecule has 0 N–H and O–H groups in total. The summed E-state index contributed by atoms with van der Waals surface area (Å²) in [5.41, 5.74) is 0. The van der Waals surface area contributed by atoms with Gasteiger partial charge in [-0.25, -0.2) is 0 Å². The van der Waals surface area contributed by atoms with Crippen LogP contribution in [0.4, 0.5) is 0 Å². The lowest BCUT2D eigenvalue weighted by atomic mass is 10.9. The average molecular weight is 130 g/mol. The van der Waals surface area contributed by atoms with Gasteiger partial charge in [0.1, 0.15) is 0 Å². The lowest BCUT2D eigenvalue weighted by Crippen LogP contribution is -2.13. The van der Waals surface area contributed by atoms with E-state index in [0.717, 1.165) is 5.88 Å². The van der Waals surface area contributed by atoms with Crippen LogP contribution in [0.25, 0.3) is 0 Å². The van der Waals surface area contributed by atoms with Gasteiger partial charge in [-0.05, 0) is 12.3 Å². The third-order valence-electron chi connectivity index (χ3n) is 0.782. The highest BCUT2D eigenvalue weighted by Crippen LogP contribution is 2.14. The first-order chi connectivity index (χ1) is 3.93. The minimum absolute atomic E-state index is 0.505. The first-order valence-corrected chi connectivity index (χ1v) is 3.45. The van der Waals surface area contributed by atoms with Crippen LogP contribution in [0.2, 0.25) is 0 Å². The summed E-state index contributed by atoms with van der Waals surface area (Å²) in [5, 5.41) is 3.76. The summed E-state index contributed by atoms with van der Waals surface area (Å²) in [4.78, 5) is 5.02. The van der Waals surface area contributed by atoms with E-state index in [-0.39, 0.29) is 0 Å². The first-order valence-electron chi connectivity index (χ1n) is 2.40. The standard InChI is InChI=1S/C5H8NOS/c1-2-7-6-3-4-8-5-6/h3-4H,1-2,5H2. The van der Waals surface area contributed by atoms with Gasteiger partial charge < -0.3 is 0 Å². The molecule has 0 fully saturated rings. The van der Waals surface area contributed by atoms with Gasteiger partial charge in [0.15, 0.2) is 0 Å². The van der Waals surface area contributed by atoms with Crippen LogP contribution in [0.5, 0.6) is 0 Å². The van der Waals surface area contributed by atoms with Crippen molar-refractivity contribution >= 4 is 11.8 Å². The fourth-order valence-electron chi connectivity index (χ4n) is 0.468. The van der Waals surface area contributed by atoms with Crippen LogP contribution < -0.4 is 0 Å². The molecule has 0 unspecified atom stereocenters. The summed E-state index contributed by atoms with van der Waals surface area (Å²) < 4.78 is 0. The van der Waals surface area contributed by atoms with Gasteiger partial charge in [-0.2, -0.15) is 0 Å². The molecule has 0 bridgehead atoms. The fourth-order valence-corrected chi connectivity index (χ4v) is 1.08. The van der Waals surface area contributed by atoms with Crippen LogP contribution in [-0.2, 0) is 4.84 Å². The molecule has 1 heterocycles. The SMILES string of the molecule is [CH2]CON1C=CSC1. The van der Waals surface area contributed by atoms with E-state index < -0.39 is 0 Å². The number of thioether (sulfide) groups is 1. The van der Waals surface area contributed by atoms with Crippen molar-refractivity contribution in [3.05, 3.63) is 18.5 Å².